The Balaban J connectivity index is 1.65. The van der Waals surface area contributed by atoms with Gasteiger partial charge in [-0.3, -0.25) is 9.88 Å². The Kier molecular flexibility index (Phi) is 3.55. The van der Waals surface area contributed by atoms with Gasteiger partial charge in [-0.1, -0.05) is 18.0 Å². The molecule has 1 aromatic rings. The van der Waals surface area contributed by atoms with Gasteiger partial charge >= 0.3 is 0 Å². The van der Waals surface area contributed by atoms with Crippen molar-refractivity contribution < 1.29 is 0 Å². The summed E-state index contributed by atoms with van der Waals surface area (Å²) in [6.07, 6.45) is 5.63. The molecule has 1 aliphatic carbocycles. The summed E-state index contributed by atoms with van der Waals surface area (Å²) in [5.74, 6) is 1.49. The number of likely N-dealkylation sites (tertiary alicyclic amines) is 1. The van der Waals surface area contributed by atoms with Crippen LogP contribution in [0.4, 0.5) is 0 Å². The molecule has 1 aliphatic heterocycles. The summed E-state index contributed by atoms with van der Waals surface area (Å²) in [4.78, 5) is 6.87. The summed E-state index contributed by atoms with van der Waals surface area (Å²) in [6.45, 7) is 3.20. The second kappa shape index (κ2) is 5.16. The molecule has 4 heteroatoms. The summed E-state index contributed by atoms with van der Waals surface area (Å²) < 4.78 is 0. The van der Waals surface area contributed by atoms with E-state index in [1.54, 1.807) is 6.20 Å². The SMILES string of the molecule is NC1CCCC2CN(Cc3cc(Cl)ccn3)CC12. The number of fused-ring (bicyclic) bond motifs is 1. The lowest BCUT2D eigenvalue weighted by Crippen LogP contribution is -2.38. The van der Waals surface area contributed by atoms with Crippen LogP contribution in [0.5, 0.6) is 0 Å². The largest absolute Gasteiger partial charge is 0.327 e. The highest BCUT2D eigenvalue weighted by molar-refractivity contribution is 6.30. The van der Waals surface area contributed by atoms with Crippen molar-refractivity contribution in [2.24, 2.45) is 17.6 Å². The van der Waals surface area contributed by atoms with Crippen LogP contribution in [0.1, 0.15) is 25.0 Å². The zero-order valence-corrected chi connectivity index (χ0v) is 11.3. The van der Waals surface area contributed by atoms with E-state index in [9.17, 15) is 0 Å². The van der Waals surface area contributed by atoms with E-state index in [-0.39, 0.29) is 0 Å². The topological polar surface area (TPSA) is 42.1 Å². The van der Waals surface area contributed by atoms with Crippen LogP contribution in [-0.4, -0.2) is 29.0 Å². The first-order valence-electron chi connectivity index (χ1n) is 6.81. The van der Waals surface area contributed by atoms with Gasteiger partial charge < -0.3 is 5.73 Å². The number of halogens is 1. The summed E-state index contributed by atoms with van der Waals surface area (Å²) in [6, 6.07) is 4.19. The minimum Gasteiger partial charge on any atom is -0.327 e. The molecule has 3 atom stereocenters. The third kappa shape index (κ3) is 2.53. The maximum atomic E-state index is 6.24. The van der Waals surface area contributed by atoms with Crippen LogP contribution in [0.25, 0.3) is 0 Å². The Labute approximate surface area is 113 Å². The lowest BCUT2D eigenvalue weighted by Gasteiger charge is -2.29. The third-order valence-electron chi connectivity index (χ3n) is 4.39. The molecule has 2 fully saturated rings. The van der Waals surface area contributed by atoms with Crippen molar-refractivity contribution >= 4 is 11.6 Å². The van der Waals surface area contributed by atoms with E-state index in [1.165, 1.54) is 25.8 Å². The molecule has 3 unspecified atom stereocenters. The number of nitrogens with zero attached hydrogens (tertiary/aromatic N) is 2. The van der Waals surface area contributed by atoms with Crippen LogP contribution in [0.15, 0.2) is 18.3 Å². The van der Waals surface area contributed by atoms with Gasteiger partial charge in [-0.05, 0) is 36.8 Å². The molecule has 3 nitrogen and oxygen atoms in total. The van der Waals surface area contributed by atoms with E-state index < -0.39 is 0 Å². The van der Waals surface area contributed by atoms with Crippen LogP contribution in [-0.2, 0) is 6.54 Å². The fourth-order valence-electron chi connectivity index (χ4n) is 3.50. The Bertz CT molecular complexity index is 423. The maximum Gasteiger partial charge on any atom is 0.0558 e. The molecule has 0 radical (unpaired) electrons. The maximum absolute atomic E-state index is 6.24. The standard InChI is InChI=1S/C14H20ClN3/c15-11-4-5-17-12(6-11)8-18-7-10-2-1-3-14(16)13(10)9-18/h4-6,10,13-14H,1-3,7-9,16H2. The summed E-state index contributed by atoms with van der Waals surface area (Å²) in [5, 5.41) is 0.772. The van der Waals surface area contributed by atoms with Crippen molar-refractivity contribution in [2.75, 3.05) is 13.1 Å². The van der Waals surface area contributed by atoms with Gasteiger partial charge in [0, 0.05) is 36.9 Å². The number of nitrogens with two attached hydrogens (primary N) is 1. The molecule has 0 aromatic carbocycles. The van der Waals surface area contributed by atoms with Crippen molar-refractivity contribution in [3.63, 3.8) is 0 Å². The van der Waals surface area contributed by atoms with Gasteiger partial charge in [-0.15, -0.1) is 0 Å². The van der Waals surface area contributed by atoms with Crippen LogP contribution in [0, 0.1) is 11.8 Å². The summed E-state index contributed by atoms with van der Waals surface area (Å²) in [5.41, 5.74) is 7.30. The molecular weight excluding hydrogens is 246 g/mol. The molecule has 1 saturated heterocycles. The monoisotopic (exact) mass is 265 g/mol. The highest BCUT2D eigenvalue weighted by atomic mass is 35.5. The number of pyridine rings is 1. The molecule has 2 aliphatic rings. The average Bonchev–Trinajstić information content (AvgIpc) is 2.73. The number of aromatic nitrogens is 1. The van der Waals surface area contributed by atoms with Crippen LogP contribution in [0.3, 0.4) is 0 Å². The van der Waals surface area contributed by atoms with E-state index in [0.717, 1.165) is 29.7 Å². The Hall–Kier alpha value is -0.640. The fraction of sp³-hybridized carbons (Fsp3) is 0.643. The predicted octanol–water partition coefficient (Wildman–Crippen LogP) is 2.29. The number of rotatable bonds is 2. The minimum atomic E-state index is 0.404. The fourth-order valence-corrected chi connectivity index (χ4v) is 3.68. The van der Waals surface area contributed by atoms with Gasteiger partial charge in [-0.25, -0.2) is 0 Å². The van der Waals surface area contributed by atoms with E-state index >= 15 is 0 Å². The Morgan fingerprint density at radius 3 is 3.06 bits per heavy atom. The van der Waals surface area contributed by atoms with Gasteiger partial charge in [0.05, 0.1) is 5.69 Å². The summed E-state index contributed by atoms with van der Waals surface area (Å²) >= 11 is 6.00. The van der Waals surface area contributed by atoms with Crippen LogP contribution >= 0.6 is 11.6 Å². The van der Waals surface area contributed by atoms with Crippen molar-refractivity contribution in [3.8, 4) is 0 Å². The van der Waals surface area contributed by atoms with Crippen molar-refractivity contribution in [3.05, 3.63) is 29.0 Å². The van der Waals surface area contributed by atoms with E-state index in [0.29, 0.717) is 12.0 Å². The molecule has 2 N–H and O–H groups in total. The lowest BCUT2D eigenvalue weighted by atomic mass is 9.78. The van der Waals surface area contributed by atoms with E-state index in [4.69, 9.17) is 17.3 Å². The van der Waals surface area contributed by atoms with Crippen LogP contribution in [0.2, 0.25) is 5.02 Å². The molecule has 1 saturated carbocycles. The molecule has 98 valence electrons. The van der Waals surface area contributed by atoms with Crippen LogP contribution < -0.4 is 5.73 Å². The molecule has 0 bridgehead atoms. The number of hydrogen-bond acceptors (Lipinski definition) is 3. The van der Waals surface area contributed by atoms with Gasteiger partial charge in [-0.2, -0.15) is 0 Å². The predicted molar refractivity (Wildman–Crippen MR) is 73.3 cm³/mol. The summed E-state index contributed by atoms with van der Waals surface area (Å²) in [7, 11) is 0. The van der Waals surface area contributed by atoms with Gasteiger partial charge in [0.1, 0.15) is 0 Å². The quantitative estimate of drug-likeness (QED) is 0.892. The average molecular weight is 266 g/mol. The third-order valence-corrected chi connectivity index (χ3v) is 4.63. The molecule has 3 rings (SSSR count). The minimum absolute atomic E-state index is 0.404. The van der Waals surface area contributed by atoms with Gasteiger partial charge in [0.15, 0.2) is 0 Å². The second-order valence-corrected chi connectivity index (χ2v) is 6.11. The normalized spacial score (nSPS) is 32.4. The Morgan fingerprint density at radius 2 is 2.28 bits per heavy atom. The first-order valence-corrected chi connectivity index (χ1v) is 7.18. The van der Waals surface area contributed by atoms with Gasteiger partial charge in [0.2, 0.25) is 0 Å². The molecule has 2 heterocycles. The zero-order valence-electron chi connectivity index (χ0n) is 10.6. The van der Waals surface area contributed by atoms with Crippen molar-refractivity contribution in [2.45, 2.75) is 31.8 Å². The molecule has 1 aromatic heterocycles. The molecular formula is C14H20ClN3. The van der Waals surface area contributed by atoms with E-state index in [2.05, 4.69) is 9.88 Å². The second-order valence-electron chi connectivity index (χ2n) is 5.68. The zero-order chi connectivity index (χ0) is 12.5. The van der Waals surface area contributed by atoms with E-state index in [1.807, 2.05) is 12.1 Å². The van der Waals surface area contributed by atoms with Gasteiger partial charge in [0.25, 0.3) is 0 Å². The van der Waals surface area contributed by atoms with Crippen molar-refractivity contribution in [1.82, 2.24) is 9.88 Å². The first kappa shape index (κ1) is 12.4. The highest BCUT2D eigenvalue weighted by Gasteiger charge is 2.38. The first-order chi connectivity index (χ1) is 8.72. The highest BCUT2D eigenvalue weighted by Crippen LogP contribution is 2.35. The smallest absolute Gasteiger partial charge is 0.0558 e. The molecule has 0 amide bonds. The Morgan fingerprint density at radius 1 is 1.39 bits per heavy atom. The molecule has 0 spiro atoms. The number of hydrogen-bond donors (Lipinski definition) is 1. The molecule has 18 heavy (non-hydrogen) atoms. The van der Waals surface area contributed by atoms with Crippen molar-refractivity contribution in [1.29, 1.82) is 0 Å². The lowest BCUT2D eigenvalue weighted by molar-refractivity contribution is 0.259.